The van der Waals surface area contributed by atoms with Crippen LogP contribution in [0.1, 0.15) is 15.9 Å². The van der Waals surface area contributed by atoms with Gasteiger partial charge in [-0.05, 0) is 34.9 Å². The lowest BCUT2D eigenvalue weighted by atomic mass is 10.0. The van der Waals surface area contributed by atoms with Gasteiger partial charge in [-0.3, -0.25) is 14.2 Å². The summed E-state index contributed by atoms with van der Waals surface area (Å²) in [5.41, 5.74) is 2.39. The standard InChI is InChI=1S/C25H18N2O2S/c1-16-22-24(30-23(16)18-8-3-2-4-9-18)26-15-27(25(22)29)14-21(28)20-12-11-17-7-5-6-10-19(17)13-20/h2-13,15H,14H2,1H3. The maximum absolute atomic E-state index is 13.2. The van der Waals surface area contributed by atoms with Gasteiger partial charge in [0.05, 0.1) is 18.3 Å². The van der Waals surface area contributed by atoms with Crippen molar-refractivity contribution < 1.29 is 4.79 Å². The van der Waals surface area contributed by atoms with Crippen LogP contribution in [-0.4, -0.2) is 15.3 Å². The van der Waals surface area contributed by atoms with Crippen molar-refractivity contribution in [3.05, 3.63) is 101 Å². The van der Waals surface area contributed by atoms with Crippen molar-refractivity contribution in [2.75, 3.05) is 0 Å². The van der Waals surface area contributed by atoms with Gasteiger partial charge in [-0.25, -0.2) is 4.98 Å². The molecule has 2 heterocycles. The van der Waals surface area contributed by atoms with Crippen molar-refractivity contribution in [2.24, 2.45) is 0 Å². The van der Waals surface area contributed by atoms with E-state index in [2.05, 4.69) is 4.98 Å². The number of thiophene rings is 1. The Morgan fingerprint density at radius 1 is 0.967 bits per heavy atom. The van der Waals surface area contributed by atoms with Crippen LogP contribution < -0.4 is 5.56 Å². The fraction of sp³-hybridized carbons (Fsp3) is 0.0800. The molecule has 0 amide bonds. The molecule has 0 bridgehead atoms. The molecule has 2 aromatic heterocycles. The molecule has 0 N–H and O–H groups in total. The molecule has 0 unspecified atom stereocenters. The Labute approximate surface area is 177 Å². The minimum atomic E-state index is -0.176. The quantitative estimate of drug-likeness (QED) is 0.369. The van der Waals surface area contributed by atoms with Crippen molar-refractivity contribution in [3.63, 3.8) is 0 Å². The Morgan fingerprint density at radius 2 is 1.70 bits per heavy atom. The van der Waals surface area contributed by atoms with E-state index >= 15 is 0 Å². The summed E-state index contributed by atoms with van der Waals surface area (Å²) >= 11 is 1.51. The number of Topliss-reactive ketones (excluding diaryl/α,β-unsaturated/α-hetero) is 1. The van der Waals surface area contributed by atoms with Crippen molar-refractivity contribution in [1.82, 2.24) is 9.55 Å². The first-order chi connectivity index (χ1) is 14.6. The molecular weight excluding hydrogens is 392 g/mol. The van der Waals surface area contributed by atoms with E-state index in [4.69, 9.17) is 0 Å². The largest absolute Gasteiger partial charge is 0.292 e. The van der Waals surface area contributed by atoms with E-state index in [1.807, 2.05) is 79.7 Å². The zero-order valence-electron chi connectivity index (χ0n) is 16.3. The van der Waals surface area contributed by atoms with Gasteiger partial charge in [0.15, 0.2) is 5.78 Å². The number of carbonyl (C=O) groups excluding carboxylic acids is 1. The van der Waals surface area contributed by atoms with Crippen LogP contribution in [0.15, 0.2) is 83.9 Å². The van der Waals surface area contributed by atoms with Crippen LogP contribution in [0.3, 0.4) is 0 Å². The summed E-state index contributed by atoms with van der Waals surface area (Å²) in [6, 6.07) is 23.5. The van der Waals surface area contributed by atoms with E-state index in [0.717, 1.165) is 26.8 Å². The highest BCUT2D eigenvalue weighted by Crippen LogP contribution is 2.35. The van der Waals surface area contributed by atoms with E-state index < -0.39 is 0 Å². The van der Waals surface area contributed by atoms with Gasteiger partial charge < -0.3 is 0 Å². The molecule has 0 saturated heterocycles. The van der Waals surface area contributed by atoms with E-state index in [1.54, 1.807) is 0 Å². The first-order valence-corrected chi connectivity index (χ1v) is 10.5. The van der Waals surface area contributed by atoms with Gasteiger partial charge in [0, 0.05) is 10.4 Å². The second-order valence-electron chi connectivity index (χ2n) is 7.27. The second-order valence-corrected chi connectivity index (χ2v) is 8.26. The highest BCUT2D eigenvalue weighted by molar-refractivity contribution is 7.22. The van der Waals surface area contributed by atoms with Gasteiger partial charge in [0.1, 0.15) is 4.83 Å². The van der Waals surface area contributed by atoms with Gasteiger partial charge >= 0.3 is 0 Å². The minimum Gasteiger partial charge on any atom is -0.292 e. The Morgan fingerprint density at radius 3 is 2.50 bits per heavy atom. The predicted octanol–water partition coefficient (Wildman–Crippen LogP) is 5.47. The SMILES string of the molecule is Cc1c(-c2ccccc2)sc2ncn(CC(=O)c3ccc4ccccc4c3)c(=O)c12. The maximum Gasteiger partial charge on any atom is 0.262 e. The summed E-state index contributed by atoms with van der Waals surface area (Å²) in [6.45, 7) is 1.91. The van der Waals surface area contributed by atoms with Crippen LogP contribution in [0.5, 0.6) is 0 Å². The van der Waals surface area contributed by atoms with Crippen molar-refractivity contribution >= 4 is 38.1 Å². The highest BCUT2D eigenvalue weighted by atomic mass is 32.1. The van der Waals surface area contributed by atoms with Crippen LogP contribution in [0.4, 0.5) is 0 Å². The number of hydrogen-bond acceptors (Lipinski definition) is 4. The molecule has 3 aromatic carbocycles. The number of benzene rings is 3. The van der Waals surface area contributed by atoms with Crippen molar-refractivity contribution in [1.29, 1.82) is 0 Å². The smallest absolute Gasteiger partial charge is 0.262 e. The zero-order valence-corrected chi connectivity index (χ0v) is 17.1. The lowest BCUT2D eigenvalue weighted by molar-refractivity contribution is 0.0971. The molecule has 4 nitrogen and oxygen atoms in total. The van der Waals surface area contributed by atoms with Gasteiger partial charge in [-0.1, -0.05) is 66.7 Å². The summed E-state index contributed by atoms with van der Waals surface area (Å²) in [5, 5.41) is 2.68. The summed E-state index contributed by atoms with van der Waals surface area (Å²) in [6.07, 6.45) is 1.48. The average molecular weight is 410 g/mol. The lowest BCUT2D eigenvalue weighted by Gasteiger charge is -2.06. The molecule has 0 atom stereocenters. The summed E-state index contributed by atoms with van der Waals surface area (Å²) in [5.74, 6) is -0.111. The van der Waals surface area contributed by atoms with Gasteiger partial charge in [0.25, 0.3) is 5.56 Å². The summed E-state index contributed by atoms with van der Waals surface area (Å²) < 4.78 is 1.41. The van der Waals surface area contributed by atoms with E-state index in [1.165, 1.54) is 22.2 Å². The summed E-state index contributed by atoms with van der Waals surface area (Å²) in [4.78, 5) is 32.2. The molecular formula is C25H18N2O2S. The maximum atomic E-state index is 13.2. The number of nitrogens with zero attached hydrogens (tertiary/aromatic N) is 2. The number of fused-ring (bicyclic) bond motifs is 2. The third kappa shape index (κ3) is 3.13. The Kier molecular flexibility index (Phi) is 4.52. The number of carbonyl (C=O) groups is 1. The average Bonchev–Trinajstić information content (AvgIpc) is 3.13. The van der Waals surface area contributed by atoms with Crippen LogP contribution in [0.2, 0.25) is 0 Å². The van der Waals surface area contributed by atoms with E-state index in [9.17, 15) is 9.59 Å². The van der Waals surface area contributed by atoms with Gasteiger partial charge in [0.2, 0.25) is 0 Å². The molecule has 0 aliphatic carbocycles. The fourth-order valence-electron chi connectivity index (χ4n) is 3.75. The lowest BCUT2D eigenvalue weighted by Crippen LogP contribution is -2.24. The first-order valence-electron chi connectivity index (χ1n) is 9.68. The van der Waals surface area contributed by atoms with E-state index in [0.29, 0.717) is 15.8 Å². The van der Waals surface area contributed by atoms with Gasteiger partial charge in [-0.2, -0.15) is 0 Å². The highest BCUT2D eigenvalue weighted by Gasteiger charge is 2.17. The van der Waals surface area contributed by atoms with Crippen molar-refractivity contribution in [3.8, 4) is 10.4 Å². The number of rotatable bonds is 4. The molecule has 0 fully saturated rings. The normalized spacial score (nSPS) is 11.2. The molecule has 0 aliphatic rings. The van der Waals surface area contributed by atoms with Crippen LogP contribution >= 0.6 is 11.3 Å². The molecule has 0 spiro atoms. The number of ketones is 1. The third-order valence-corrected chi connectivity index (χ3v) is 6.59. The molecule has 0 radical (unpaired) electrons. The van der Waals surface area contributed by atoms with Crippen molar-refractivity contribution in [2.45, 2.75) is 13.5 Å². The van der Waals surface area contributed by atoms with Crippen LogP contribution in [0, 0.1) is 6.92 Å². The van der Waals surface area contributed by atoms with E-state index in [-0.39, 0.29) is 17.9 Å². The number of aryl methyl sites for hydroxylation is 1. The monoisotopic (exact) mass is 410 g/mol. The molecule has 5 heteroatoms. The molecule has 5 aromatic rings. The molecule has 0 aliphatic heterocycles. The molecule has 30 heavy (non-hydrogen) atoms. The Bertz CT molecular complexity index is 1470. The van der Waals surface area contributed by atoms with Gasteiger partial charge in [-0.15, -0.1) is 11.3 Å². The fourth-order valence-corrected chi connectivity index (χ4v) is 4.89. The minimum absolute atomic E-state index is 0.0317. The Hall–Kier alpha value is -3.57. The third-order valence-electron chi connectivity index (χ3n) is 5.34. The first kappa shape index (κ1) is 18.5. The zero-order chi connectivity index (χ0) is 20.7. The number of aromatic nitrogens is 2. The predicted molar refractivity (Wildman–Crippen MR) is 122 cm³/mol. The molecule has 5 rings (SSSR count). The number of hydrogen-bond donors (Lipinski definition) is 0. The topological polar surface area (TPSA) is 52.0 Å². The molecule has 0 saturated carbocycles. The second kappa shape index (κ2) is 7.35. The Balaban J connectivity index is 1.53. The van der Waals surface area contributed by atoms with Crippen LogP contribution in [-0.2, 0) is 6.54 Å². The van der Waals surface area contributed by atoms with Crippen LogP contribution in [0.25, 0.3) is 31.4 Å². The molecule has 146 valence electrons. The summed E-state index contributed by atoms with van der Waals surface area (Å²) in [7, 11) is 0.